The van der Waals surface area contributed by atoms with Gasteiger partial charge in [0.25, 0.3) is 0 Å². The highest BCUT2D eigenvalue weighted by Crippen LogP contribution is 2.21. The first-order chi connectivity index (χ1) is 9.17. The lowest BCUT2D eigenvalue weighted by molar-refractivity contribution is 0.368. The molecule has 0 fully saturated rings. The summed E-state index contributed by atoms with van der Waals surface area (Å²) >= 11 is 0. The maximum Gasteiger partial charge on any atom is 0.0718 e. The van der Waals surface area contributed by atoms with Gasteiger partial charge in [0.15, 0.2) is 0 Å². The molecule has 0 aliphatic carbocycles. The number of fused-ring (bicyclic) bond motifs is 1. The van der Waals surface area contributed by atoms with Crippen LogP contribution in [0, 0.1) is 5.92 Å². The summed E-state index contributed by atoms with van der Waals surface area (Å²) in [5.41, 5.74) is 2.43. The zero-order chi connectivity index (χ0) is 13.8. The lowest BCUT2D eigenvalue weighted by Crippen LogP contribution is -2.36. The van der Waals surface area contributed by atoms with E-state index in [-0.39, 0.29) is 0 Å². The van der Waals surface area contributed by atoms with Crippen molar-refractivity contribution in [1.29, 1.82) is 0 Å². The second-order valence-electron chi connectivity index (χ2n) is 5.34. The second kappa shape index (κ2) is 6.20. The first-order valence-electron chi connectivity index (χ1n) is 7.31. The Kier molecular flexibility index (Phi) is 4.59. The number of benzene rings is 1. The van der Waals surface area contributed by atoms with Crippen molar-refractivity contribution in [3.63, 3.8) is 0 Å². The van der Waals surface area contributed by atoms with Crippen molar-refractivity contribution in [2.45, 2.75) is 39.7 Å². The van der Waals surface area contributed by atoms with E-state index in [2.05, 4.69) is 50.4 Å². The Balaban J connectivity index is 2.28. The molecule has 0 saturated heterocycles. The van der Waals surface area contributed by atoms with Crippen LogP contribution in [0.1, 0.15) is 32.9 Å². The van der Waals surface area contributed by atoms with E-state index in [4.69, 9.17) is 5.10 Å². The van der Waals surface area contributed by atoms with Crippen LogP contribution >= 0.6 is 0 Å². The molecule has 0 saturated carbocycles. The molecule has 0 aliphatic rings. The highest BCUT2D eigenvalue weighted by molar-refractivity contribution is 5.81. The first-order valence-corrected chi connectivity index (χ1v) is 7.31. The lowest BCUT2D eigenvalue weighted by atomic mass is 9.94. The van der Waals surface area contributed by atoms with Crippen molar-refractivity contribution in [2.24, 2.45) is 13.0 Å². The fraction of sp³-hybridized carbons (Fsp3) is 0.562. The summed E-state index contributed by atoms with van der Waals surface area (Å²) in [5, 5.41) is 9.60. The normalized spacial score (nSPS) is 14.7. The number of aryl methyl sites for hydroxylation is 1. The second-order valence-corrected chi connectivity index (χ2v) is 5.34. The summed E-state index contributed by atoms with van der Waals surface area (Å²) in [7, 11) is 2.03. The molecule has 1 N–H and O–H groups in total. The quantitative estimate of drug-likeness (QED) is 0.863. The lowest BCUT2D eigenvalue weighted by Gasteiger charge is -2.23. The van der Waals surface area contributed by atoms with Crippen molar-refractivity contribution in [3.05, 3.63) is 30.0 Å². The zero-order valence-corrected chi connectivity index (χ0v) is 12.5. The van der Waals surface area contributed by atoms with Gasteiger partial charge in [-0.2, -0.15) is 5.10 Å². The van der Waals surface area contributed by atoms with Gasteiger partial charge < -0.3 is 5.32 Å². The number of hydrogen-bond acceptors (Lipinski definition) is 2. The highest BCUT2D eigenvalue weighted by Gasteiger charge is 2.18. The van der Waals surface area contributed by atoms with Crippen LogP contribution in [0.3, 0.4) is 0 Å². The van der Waals surface area contributed by atoms with E-state index >= 15 is 0 Å². The Morgan fingerprint density at radius 1 is 1.26 bits per heavy atom. The molecule has 0 radical (unpaired) electrons. The molecule has 1 aromatic carbocycles. The van der Waals surface area contributed by atoms with Crippen molar-refractivity contribution in [2.75, 3.05) is 6.54 Å². The molecular formula is C16H25N3. The molecule has 2 aromatic rings. The van der Waals surface area contributed by atoms with E-state index in [0.717, 1.165) is 13.0 Å². The maximum atomic E-state index is 4.71. The molecule has 19 heavy (non-hydrogen) atoms. The van der Waals surface area contributed by atoms with E-state index in [9.17, 15) is 0 Å². The topological polar surface area (TPSA) is 29.9 Å². The summed E-state index contributed by atoms with van der Waals surface area (Å²) in [5.74, 6) is 0.667. The summed E-state index contributed by atoms with van der Waals surface area (Å²) in [6.45, 7) is 7.76. The molecule has 2 rings (SSSR count). The Labute approximate surface area is 116 Å². The van der Waals surface area contributed by atoms with E-state index in [1.165, 1.54) is 23.0 Å². The average Bonchev–Trinajstić information content (AvgIpc) is 2.75. The fourth-order valence-corrected chi connectivity index (χ4v) is 2.67. The van der Waals surface area contributed by atoms with Gasteiger partial charge in [-0.3, -0.25) is 4.68 Å². The average molecular weight is 259 g/mol. The molecule has 0 amide bonds. The van der Waals surface area contributed by atoms with E-state index in [0.29, 0.717) is 12.0 Å². The third-order valence-electron chi connectivity index (χ3n) is 4.04. The molecule has 0 aliphatic heterocycles. The van der Waals surface area contributed by atoms with Crippen LogP contribution in [0.4, 0.5) is 0 Å². The smallest absolute Gasteiger partial charge is 0.0718 e. The van der Waals surface area contributed by atoms with Gasteiger partial charge in [0.2, 0.25) is 0 Å². The third-order valence-corrected chi connectivity index (χ3v) is 4.04. The molecule has 1 heterocycles. The fourth-order valence-electron chi connectivity index (χ4n) is 2.67. The molecule has 0 bridgehead atoms. The van der Waals surface area contributed by atoms with Crippen LogP contribution in [0.15, 0.2) is 24.3 Å². The van der Waals surface area contributed by atoms with Crippen LogP contribution in [0.5, 0.6) is 0 Å². The minimum atomic E-state index is 0.508. The summed E-state index contributed by atoms with van der Waals surface area (Å²) < 4.78 is 1.99. The van der Waals surface area contributed by atoms with Gasteiger partial charge in [-0.1, -0.05) is 45.4 Å². The molecular weight excluding hydrogens is 234 g/mol. The van der Waals surface area contributed by atoms with Crippen molar-refractivity contribution in [1.82, 2.24) is 15.1 Å². The summed E-state index contributed by atoms with van der Waals surface area (Å²) in [6, 6.07) is 8.99. The van der Waals surface area contributed by atoms with Gasteiger partial charge in [-0.15, -0.1) is 0 Å². The van der Waals surface area contributed by atoms with Crippen LogP contribution in [-0.4, -0.2) is 22.4 Å². The molecule has 3 nitrogen and oxygen atoms in total. The van der Waals surface area contributed by atoms with E-state index in [1.807, 2.05) is 11.7 Å². The SMILES string of the molecule is CCNC(Cc1nn(C)c2ccccc12)C(C)CC. The Hall–Kier alpha value is -1.35. The zero-order valence-electron chi connectivity index (χ0n) is 12.5. The Morgan fingerprint density at radius 2 is 2.00 bits per heavy atom. The third kappa shape index (κ3) is 2.98. The number of likely N-dealkylation sites (N-methyl/N-ethyl adjacent to an activating group) is 1. The first kappa shape index (κ1) is 14.1. The highest BCUT2D eigenvalue weighted by atomic mass is 15.3. The number of rotatable bonds is 6. The van der Waals surface area contributed by atoms with Crippen molar-refractivity contribution < 1.29 is 0 Å². The largest absolute Gasteiger partial charge is 0.314 e. The van der Waals surface area contributed by atoms with Crippen LogP contribution in [-0.2, 0) is 13.5 Å². The predicted molar refractivity (Wildman–Crippen MR) is 81.3 cm³/mol. The van der Waals surface area contributed by atoms with Crippen LogP contribution < -0.4 is 5.32 Å². The minimum Gasteiger partial charge on any atom is -0.314 e. The van der Waals surface area contributed by atoms with Gasteiger partial charge in [0.05, 0.1) is 11.2 Å². The molecule has 2 atom stereocenters. The summed E-state index contributed by atoms with van der Waals surface area (Å²) in [6.07, 6.45) is 2.20. The van der Waals surface area contributed by atoms with Gasteiger partial charge >= 0.3 is 0 Å². The van der Waals surface area contributed by atoms with Gasteiger partial charge in [0.1, 0.15) is 0 Å². The molecule has 3 heteroatoms. The number of nitrogens with one attached hydrogen (secondary N) is 1. The van der Waals surface area contributed by atoms with Gasteiger partial charge in [-0.05, 0) is 18.5 Å². The molecule has 104 valence electrons. The van der Waals surface area contributed by atoms with Crippen LogP contribution in [0.25, 0.3) is 10.9 Å². The monoisotopic (exact) mass is 259 g/mol. The number of hydrogen-bond donors (Lipinski definition) is 1. The van der Waals surface area contributed by atoms with Crippen molar-refractivity contribution in [3.8, 4) is 0 Å². The standard InChI is InChI=1S/C16H25N3/c1-5-12(3)14(17-6-2)11-15-13-9-7-8-10-16(13)19(4)18-15/h7-10,12,14,17H,5-6,11H2,1-4H3. The minimum absolute atomic E-state index is 0.508. The number of aromatic nitrogens is 2. The number of para-hydroxylation sites is 1. The van der Waals surface area contributed by atoms with Gasteiger partial charge in [-0.25, -0.2) is 0 Å². The van der Waals surface area contributed by atoms with Gasteiger partial charge in [0, 0.05) is 24.9 Å². The van der Waals surface area contributed by atoms with Crippen LogP contribution in [0.2, 0.25) is 0 Å². The predicted octanol–water partition coefficient (Wildman–Crippen LogP) is 3.14. The van der Waals surface area contributed by atoms with E-state index in [1.54, 1.807) is 0 Å². The Bertz CT molecular complexity index is 530. The van der Waals surface area contributed by atoms with E-state index < -0.39 is 0 Å². The molecule has 0 spiro atoms. The number of nitrogens with zero attached hydrogens (tertiary/aromatic N) is 2. The Morgan fingerprint density at radius 3 is 2.68 bits per heavy atom. The van der Waals surface area contributed by atoms with Crippen molar-refractivity contribution >= 4 is 10.9 Å². The molecule has 1 aromatic heterocycles. The summed E-state index contributed by atoms with van der Waals surface area (Å²) in [4.78, 5) is 0. The maximum absolute atomic E-state index is 4.71. The molecule has 2 unspecified atom stereocenters.